The first-order valence-corrected chi connectivity index (χ1v) is 13.1. The van der Waals surface area contributed by atoms with Gasteiger partial charge in [-0.05, 0) is 60.2 Å². The fraction of sp³-hybridized carbons (Fsp3) is 0.370. The molecular weight excluding hydrogens is 534 g/mol. The Morgan fingerprint density at radius 1 is 1.18 bits per heavy atom. The van der Waals surface area contributed by atoms with Crippen LogP contribution in [0.15, 0.2) is 35.1 Å². The quantitative estimate of drug-likeness (QED) is 0.504. The molecule has 0 saturated carbocycles. The molecule has 1 aromatic heterocycles. The highest BCUT2D eigenvalue weighted by molar-refractivity contribution is 6.35. The summed E-state index contributed by atoms with van der Waals surface area (Å²) >= 11 is 12.5. The lowest BCUT2D eigenvalue weighted by molar-refractivity contribution is -0.176. The summed E-state index contributed by atoms with van der Waals surface area (Å²) < 4.78 is 20.1. The van der Waals surface area contributed by atoms with Crippen LogP contribution in [-0.4, -0.2) is 66.0 Å². The van der Waals surface area contributed by atoms with Crippen LogP contribution in [0.4, 0.5) is 10.1 Å². The zero-order valence-electron chi connectivity index (χ0n) is 20.6. The van der Waals surface area contributed by atoms with E-state index in [9.17, 15) is 18.8 Å². The molecule has 198 valence electrons. The minimum Gasteiger partial charge on any atom is -0.380 e. The van der Waals surface area contributed by atoms with Crippen molar-refractivity contribution in [3.05, 3.63) is 73.4 Å². The molecule has 2 N–H and O–H groups in total. The summed E-state index contributed by atoms with van der Waals surface area (Å²) in [6.45, 7) is 4.68. The molecule has 2 saturated heterocycles. The Labute approximate surface area is 227 Å². The van der Waals surface area contributed by atoms with E-state index >= 15 is 0 Å². The smallest absolute Gasteiger partial charge is 0.270 e. The van der Waals surface area contributed by atoms with Gasteiger partial charge in [0, 0.05) is 29.7 Å². The number of anilines is 1. The number of benzene rings is 2. The number of carbonyl (C=O) groups is 2. The number of aromatic nitrogens is 1. The molecular formula is C27H25Cl2FN4O4. The van der Waals surface area contributed by atoms with Crippen LogP contribution in [0.5, 0.6) is 0 Å². The van der Waals surface area contributed by atoms with E-state index in [1.807, 2.05) is 13.0 Å². The van der Waals surface area contributed by atoms with Crippen molar-refractivity contribution in [1.29, 1.82) is 0 Å². The molecule has 4 heterocycles. The van der Waals surface area contributed by atoms with E-state index in [0.29, 0.717) is 54.7 Å². The predicted molar refractivity (Wildman–Crippen MR) is 142 cm³/mol. The van der Waals surface area contributed by atoms with Gasteiger partial charge in [0.2, 0.25) is 5.91 Å². The third-order valence-corrected chi connectivity index (χ3v) is 8.29. The van der Waals surface area contributed by atoms with E-state index in [1.54, 1.807) is 21.9 Å². The highest BCUT2D eigenvalue weighted by Gasteiger charge is 2.50. The third kappa shape index (κ3) is 4.22. The van der Waals surface area contributed by atoms with Gasteiger partial charge in [-0.3, -0.25) is 14.4 Å². The van der Waals surface area contributed by atoms with Crippen molar-refractivity contribution >= 4 is 51.5 Å². The molecule has 1 atom stereocenters. The number of fused-ring (bicyclic) bond motifs is 2. The van der Waals surface area contributed by atoms with Crippen LogP contribution < -0.4 is 10.9 Å². The SMILES string of the molecule is CC1c2c(Cl)cc(Cl)cc2CCN1C(=O)CNc1cc2cc(C(=O)N3CC4(COC4)C3)[nH]c(=O)c2cc1F. The number of aromatic amines is 1. The molecule has 0 bridgehead atoms. The summed E-state index contributed by atoms with van der Waals surface area (Å²) in [5, 5.41) is 4.46. The molecule has 8 nitrogen and oxygen atoms in total. The van der Waals surface area contributed by atoms with E-state index < -0.39 is 11.4 Å². The normalized spacial score (nSPS) is 19.6. The zero-order valence-corrected chi connectivity index (χ0v) is 22.1. The second-order valence-corrected chi connectivity index (χ2v) is 11.3. The van der Waals surface area contributed by atoms with Gasteiger partial charge in [-0.25, -0.2) is 4.39 Å². The number of rotatable bonds is 4. The molecule has 3 aliphatic rings. The van der Waals surface area contributed by atoms with Gasteiger partial charge in [0.05, 0.1) is 42.3 Å². The van der Waals surface area contributed by atoms with Crippen molar-refractivity contribution in [2.24, 2.45) is 5.41 Å². The maximum atomic E-state index is 14.9. The number of carbonyl (C=O) groups excluding carboxylic acids is 2. The summed E-state index contributed by atoms with van der Waals surface area (Å²) in [5.41, 5.74) is 1.58. The maximum absolute atomic E-state index is 14.9. The van der Waals surface area contributed by atoms with Gasteiger partial charge in [0.15, 0.2) is 0 Å². The number of nitrogens with one attached hydrogen (secondary N) is 2. The van der Waals surface area contributed by atoms with Gasteiger partial charge in [-0.2, -0.15) is 0 Å². The van der Waals surface area contributed by atoms with E-state index in [1.165, 1.54) is 6.07 Å². The second kappa shape index (κ2) is 9.25. The number of amides is 2. The van der Waals surface area contributed by atoms with Crippen molar-refractivity contribution in [3.8, 4) is 0 Å². The van der Waals surface area contributed by atoms with Crippen molar-refractivity contribution in [1.82, 2.24) is 14.8 Å². The van der Waals surface area contributed by atoms with Crippen LogP contribution in [0, 0.1) is 11.2 Å². The molecule has 38 heavy (non-hydrogen) atoms. The average molecular weight is 559 g/mol. The number of likely N-dealkylation sites (tertiary alicyclic amines) is 1. The highest BCUT2D eigenvalue weighted by Crippen LogP contribution is 2.39. The summed E-state index contributed by atoms with van der Waals surface area (Å²) in [6, 6.07) is 7.38. The highest BCUT2D eigenvalue weighted by atomic mass is 35.5. The number of ether oxygens (including phenoxy) is 1. The Balaban J connectivity index is 1.19. The van der Waals surface area contributed by atoms with Crippen molar-refractivity contribution in [2.75, 3.05) is 44.7 Å². The van der Waals surface area contributed by atoms with Gasteiger partial charge >= 0.3 is 0 Å². The van der Waals surface area contributed by atoms with Crippen molar-refractivity contribution in [2.45, 2.75) is 19.4 Å². The van der Waals surface area contributed by atoms with Crippen LogP contribution >= 0.6 is 23.2 Å². The number of nitrogens with zero attached hydrogens (tertiary/aromatic N) is 2. The maximum Gasteiger partial charge on any atom is 0.270 e. The number of H-pyrrole nitrogens is 1. The molecule has 11 heteroatoms. The van der Waals surface area contributed by atoms with Gasteiger partial charge in [0.1, 0.15) is 11.5 Å². The molecule has 3 aromatic rings. The van der Waals surface area contributed by atoms with Gasteiger partial charge < -0.3 is 24.8 Å². The monoisotopic (exact) mass is 558 g/mol. The minimum absolute atomic E-state index is 0.0475. The van der Waals surface area contributed by atoms with Gasteiger partial charge in [-0.15, -0.1) is 0 Å². The minimum atomic E-state index is -0.667. The lowest BCUT2D eigenvalue weighted by Gasteiger charge is -2.54. The fourth-order valence-electron chi connectivity index (χ4n) is 5.70. The summed E-state index contributed by atoms with van der Waals surface area (Å²) in [7, 11) is 0. The first kappa shape index (κ1) is 25.2. The fourth-order valence-corrected chi connectivity index (χ4v) is 6.40. The van der Waals surface area contributed by atoms with E-state index in [-0.39, 0.29) is 46.6 Å². The Bertz CT molecular complexity index is 1550. The predicted octanol–water partition coefficient (Wildman–Crippen LogP) is 4.00. The summed E-state index contributed by atoms with van der Waals surface area (Å²) in [6.07, 6.45) is 0.612. The first-order valence-electron chi connectivity index (χ1n) is 12.4. The second-order valence-electron chi connectivity index (χ2n) is 10.4. The lowest BCUT2D eigenvalue weighted by atomic mass is 9.78. The molecule has 2 fully saturated rings. The number of halogens is 3. The van der Waals surface area contributed by atoms with Gasteiger partial charge in [-0.1, -0.05) is 23.2 Å². The molecule has 3 aliphatic heterocycles. The molecule has 0 aliphatic carbocycles. The molecule has 0 radical (unpaired) electrons. The Morgan fingerprint density at radius 3 is 2.66 bits per heavy atom. The first-order chi connectivity index (χ1) is 18.1. The van der Waals surface area contributed by atoms with E-state index in [2.05, 4.69) is 10.3 Å². The standard InChI is InChI=1S/C27H25Cl2FN4O4/c1-14-24-15(4-17(28)7-19(24)29)2-3-34(14)23(35)9-31-21-5-16-6-22(32-25(36)18(16)8-20(21)30)26(37)33-10-27(11-33)12-38-13-27/h4-8,14,31H,2-3,9-13H2,1H3,(H,32,36). The lowest BCUT2D eigenvalue weighted by Crippen LogP contribution is -2.67. The molecule has 6 rings (SSSR count). The van der Waals surface area contributed by atoms with Crippen LogP contribution in [0.25, 0.3) is 10.8 Å². The van der Waals surface area contributed by atoms with Crippen molar-refractivity contribution in [3.63, 3.8) is 0 Å². The Morgan fingerprint density at radius 2 is 1.95 bits per heavy atom. The zero-order chi connectivity index (χ0) is 26.8. The van der Waals surface area contributed by atoms with Crippen LogP contribution in [-0.2, 0) is 16.0 Å². The molecule has 1 unspecified atom stereocenters. The Hall–Kier alpha value is -3.14. The number of hydrogen-bond donors (Lipinski definition) is 2. The summed E-state index contributed by atoms with van der Waals surface area (Å²) in [5.74, 6) is -1.17. The average Bonchev–Trinajstić information content (AvgIpc) is 2.80. The Kier molecular flexibility index (Phi) is 6.13. The van der Waals surface area contributed by atoms with E-state index in [4.69, 9.17) is 27.9 Å². The molecule has 1 spiro atoms. The largest absolute Gasteiger partial charge is 0.380 e. The van der Waals surface area contributed by atoms with Crippen LogP contribution in [0.2, 0.25) is 10.0 Å². The molecule has 2 amide bonds. The topological polar surface area (TPSA) is 94.7 Å². The molecule has 2 aromatic carbocycles. The van der Waals surface area contributed by atoms with Crippen LogP contribution in [0.1, 0.15) is 34.6 Å². The van der Waals surface area contributed by atoms with Gasteiger partial charge in [0.25, 0.3) is 11.5 Å². The number of hydrogen-bond acceptors (Lipinski definition) is 5. The summed E-state index contributed by atoms with van der Waals surface area (Å²) in [4.78, 5) is 44.6. The van der Waals surface area contributed by atoms with Crippen molar-refractivity contribution < 1.29 is 18.7 Å². The third-order valence-electron chi connectivity index (χ3n) is 7.76. The van der Waals surface area contributed by atoms with Crippen LogP contribution in [0.3, 0.4) is 0 Å². The number of pyridine rings is 1. The van der Waals surface area contributed by atoms with E-state index in [0.717, 1.165) is 17.2 Å².